The number of methoxy groups -OCH3 is 1. The minimum absolute atomic E-state index is 0.0305. The minimum Gasteiger partial charge on any atom is -0.496 e. The molecule has 0 saturated heterocycles. The van der Waals surface area contributed by atoms with Gasteiger partial charge in [0, 0.05) is 34.8 Å². The standard InChI is InChI=1S/C31H25N3O4/c1-38-29-12-6-5-11-25(29)20-27(34-30(36)24-9-3-2-4-10-24)31(37)33-26-16-14-23(15-17-26)28(35)18-13-22-8-7-19-32-21-22/h2-21H,1H3,(H,33,37)(H,34,36)/b18-13+,27-20-. The fraction of sp³-hybridized carbons (Fsp3) is 0.0323. The van der Waals surface area contributed by atoms with Gasteiger partial charge in [0.1, 0.15) is 11.4 Å². The number of ether oxygens (including phenoxy) is 1. The first-order chi connectivity index (χ1) is 18.5. The van der Waals surface area contributed by atoms with Gasteiger partial charge >= 0.3 is 0 Å². The van der Waals surface area contributed by atoms with E-state index >= 15 is 0 Å². The summed E-state index contributed by atoms with van der Waals surface area (Å²) in [5.41, 5.74) is 2.80. The Kier molecular flexibility index (Phi) is 8.55. The number of carbonyl (C=O) groups excluding carboxylic acids is 3. The van der Waals surface area contributed by atoms with Gasteiger partial charge in [-0.25, -0.2) is 0 Å². The number of carbonyl (C=O) groups is 3. The lowest BCUT2D eigenvalue weighted by molar-refractivity contribution is -0.113. The fourth-order valence-corrected chi connectivity index (χ4v) is 3.54. The Balaban J connectivity index is 1.52. The number of pyridine rings is 1. The van der Waals surface area contributed by atoms with Crippen molar-refractivity contribution < 1.29 is 19.1 Å². The average Bonchev–Trinajstić information content (AvgIpc) is 2.97. The second kappa shape index (κ2) is 12.6. The lowest BCUT2D eigenvalue weighted by atomic mass is 10.1. The predicted octanol–water partition coefficient (Wildman–Crippen LogP) is 5.40. The number of amides is 2. The number of nitrogens with zero attached hydrogens (tertiary/aromatic N) is 1. The summed E-state index contributed by atoms with van der Waals surface area (Å²) < 4.78 is 5.39. The highest BCUT2D eigenvalue weighted by Gasteiger charge is 2.16. The molecular weight excluding hydrogens is 478 g/mol. The van der Waals surface area contributed by atoms with Crippen LogP contribution in [0.25, 0.3) is 12.2 Å². The first-order valence-corrected chi connectivity index (χ1v) is 11.8. The number of allylic oxidation sites excluding steroid dienone is 1. The molecule has 0 spiro atoms. The quantitative estimate of drug-likeness (QED) is 0.236. The number of ketones is 1. The van der Waals surface area contributed by atoms with Crippen LogP contribution in [0.4, 0.5) is 5.69 Å². The van der Waals surface area contributed by atoms with E-state index in [1.165, 1.54) is 13.2 Å². The van der Waals surface area contributed by atoms with Crippen molar-refractivity contribution in [3.63, 3.8) is 0 Å². The summed E-state index contributed by atoms with van der Waals surface area (Å²) in [5.74, 6) is -0.591. The Morgan fingerprint density at radius 1 is 0.816 bits per heavy atom. The van der Waals surface area contributed by atoms with Crippen molar-refractivity contribution in [1.29, 1.82) is 0 Å². The van der Waals surface area contributed by atoms with Gasteiger partial charge < -0.3 is 15.4 Å². The van der Waals surface area contributed by atoms with Gasteiger partial charge in [0.2, 0.25) is 0 Å². The summed E-state index contributed by atoms with van der Waals surface area (Å²) in [6, 6.07) is 25.9. The third-order valence-corrected chi connectivity index (χ3v) is 5.51. The predicted molar refractivity (Wildman–Crippen MR) is 148 cm³/mol. The molecule has 0 saturated carbocycles. The van der Waals surface area contributed by atoms with Crippen LogP contribution < -0.4 is 15.4 Å². The molecule has 0 aliphatic carbocycles. The lowest BCUT2D eigenvalue weighted by Gasteiger charge is -2.12. The molecule has 4 rings (SSSR count). The van der Waals surface area contributed by atoms with Crippen LogP contribution >= 0.6 is 0 Å². The molecule has 0 aliphatic heterocycles. The minimum atomic E-state index is -0.532. The zero-order valence-electron chi connectivity index (χ0n) is 20.6. The summed E-state index contributed by atoms with van der Waals surface area (Å²) in [7, 11) is 1.53. The van der Waals surface area contributed by atoms with Gasteiger partial charge in [0.15, 0.2) is 5.78 Å². The molecule has 0 atom stereocenters. The largest absolute Gasteiger partial charge is 0.496 e. The van der Waals surface area contributed by atoms with Crippen LogP contribution in [0.1, 0.15) is 31.8 Å². The zero-order chi connectivity index (χ0) is 26.7. The summed E-state index contributed by atoms with van der Waals surface area (Å²) in [6.45, 7) is 0. The number of benzene rings is 3. The number of rotatable bonds is 9. The van der Waals surface area contributed by atoms with Gasteiger partial charge in [-0.2, -0.15) is 0 Å². The second-order valence-electron chi connectivity index (χ2n) is 8.14. The van der Waals surface area contributed by atoms with Gasteiger partial charge in [-0.15, -0.1) is 0 Å². The first-order valence-electron chi connectivity index (χ1n) is 11.8. The molecule has 0 aliphatic rings. The van der Waals surface area contributed by atoms with E-state index in [0.29, 0.717) is 28.1 Å². The molecule has 2 N–H and O–H groups in total. The number of nitrogens with one attached hydrogen (secondary N) is 2. The van der Waals surface area contributed by atoms with Crippen molar-refractivity contribution in [2.45, 2.75) is 0 Å². The second-order valence-corrected chi connectivity index (χ2v) is 8.14. The number of hydrogen-bond donors (Lipinski definition) is 2. The highest BCUT2D eigenvalue weighted by Crippen LogP contribution is 2.21. The van der Waals surface area contributed by atoms with E-state index in [1.807, 2.05) is 12.1 Å². The van der Waals surface area contributed by atoms with Crippen molar-refractivity contribution in [3.05, 3.63) is 137 Å². The Bertz CT molecular complexity index is 1480. The molecule has 1 heterocycles. The number of para-hydroxylation sites is 1. The van der Waals surface area contributed by atoms with E-state index in [1.54, 1.807) is 103 Å². The third kappa shape index (κ3) is 6.89. The molecular formula is C31H25N3O4. The highest BCUT2D eigenvalue weighted by molar-refractivity contribution is 6.11. The van der Waals surface area contributed by atoms with E-state index in [2.05, 4.69) is 15.6 Å². The van der Waals surface area contributed by atoms with E-state index in [4.69, 9.17) is 4.74 Å². The maximum atomic E-state index is 13.2. The van der Waals surface area contributed by atoms with E-state index < -0.39 is 11.8 Å². The van der Waals surface area contributed by atoms with Crippen molar-refractivity contribution in [1.82, 2.24) is 10.3 Å². The molecule has 7 heteroatoms. The molecule has 2 amide bonds. The molecule has 0 bridgehead atoms. The Hall–Kier alpha value is -5.30. The van der Waals surface area contributed by atoms with Gasteiger partial charge in [0.25, 0.3) is 11.8 Å². The fourth-order valence-electron chi connectivity index (χ4n) is 3.54. The number of hydrogen-bond acceptors (Lipinski definition) is 5. The molecule has 4 aromatic rings. The monoisotopic (exact) mass is 503 g/mol. The number of anilines is 1. The van der Waals surface area contributed by atoms with Crippen LogP contribution in [0.3, 0.4) is 0 Å². The van der Waals surface area contributed by atoms with Crippen molar-refractivity contribution in [3.8, 4) is 5.75 Å². The van der Waals surface area contributed by atoms with Crippen LogP contribution in [0, 0.1) is 0 Å². The highest BCUT2D eigenvalue weighted by atomic mass is 16.5. The van der Waals surface area contributed by atoms with E-state index in [0.717, 1.165) is 5.56 Å². The molecule has 7 nitrogen and oxygen atoms in total. The van der Waals surface area contributed by atoms with Crippen LogP contribution in [-0.2, 0) is 4.79 Å². The number of aromatic nitrogens is 1. The summed E-state index contributed by atoms with van der Waals surface area (Å²) in [6.07, 6.45) is 8.04. The Morgan fingerprint density at radius 2 is 1.55 bits per heavy atom. The van der Waals surface area contributed by atoms with Crippen LogP contribution in [0.15, 0.2) is 115 Å². The van der Waals surface area contributed by atoms with Gasteiger partial charge in [-0.05, 0) is 72.3 Å². The Morgan fingerprint density at radius 3 is 2.26 bits per heavy atom. The van der Waals surface area contributed by atoms with Crippen molar-refractivity contribution in [2.24, 2.45) is 0 Å². The topological polar surface area (TPSA) is 97.4 Å². The smallest absolute Gasteiger partial charge is 0.272 e. The summed E-state index contributed by atoms with van der Waals surface area (Å²) in [5, 5.41) is 5.48. The maximum Gasteiger partial charge on any atom is 0.272 e. The molecule has 1 aromatic heterocycles. The van der Waals surface area contributed by atoms with Gasteiger partial charge in [-0.3, -0.25) is 19.4 Å². The van der Waals surface area contributed by atoms with Crippen LogP contribution in [0.2, 0.25) is 0 Å². The van der Waals surface area contributed by atoms with Crippen LogP contribution in [-0.4, -0.2) is 29.7 Å². The average molecular weight is 504 g/mol. The summed E-state index contributed by atoms with van der Waals surface area (Å²) >= 11 is 0. The van der Waals surface area contributed by atoms with Gasteiger partial charge in [0.05, 0.1) is 7.11 Å². The molecule has 0 unspecified atom stereocenters. The van der Waals surface area contributed by atoms with Crippen molar-refractivity contribution in [2.75, 3.05) is 12.4 Å². The van der Waals surface area contributed by atoms with E-state index in [-0.39, 0.29) is 11.5 Å². The molecule has 38 heavy (non-hydrogen) atoms. The van der Waals surface area contributed by atoms with Crippen molar-refractivity contribution >= 4 is 35.4 Å². The maximum absolute atomic E-state index is 13.2. The zero-order valence-corrected chi connectivity index (χ0v) is 20.6. The lowest BCUT2D eigenvalue weighted by Crippen LogP contribution is -2.30. The normalized spacial score (nSPS) is 11.1. The molecule has 3 aromatic carbocycles. The first kappa shape index (κ1) is 25.8. The molecule has 188 valence electrons. The Labute approximate surface area is 220 Å². The van der Waals surface area contributed by atoms with Crippen LogP contribution in [0.5, 0.6) is 5.75 Å². The van der Waals surface area contributed by atoms with Gasteiger partial charge in [-0.1, -0.05) is 42.5 Å². The third-order valence-electron chi connectivity index (χ3n) is 5.51. The summed E-state index contributed by atoms with van der Waals surface area (Å²) in [4.78, 5) is 42.6. The van der Waals surface area contributed by atoms with E-state index in [9.17, 15) is 14.4 Å². The molecule has 0 fully saturated rings. The molecule has 0 radical (unpaired) electrons. The SMILES string of the molecule is COc1ccccc1/C=C(\NC(=O)c1ccccc1)C(=O)Nc1ccc(C(=O)/C=C/c2cccnc2)cc1.